The molecule has 0 saturated heterocycles. The largest absolute Gasteiger partial charge is 0.455 e. The first-order valence-corrected chi connectivity index (χ1v) is 19.2. The Morgan fingerprint density at radius 3 is 1.60 bits per heavy atom. The highest BCUT2D eigenvalue weighted by Gasteiger charge is 2.20. The average Bonchev–Trinajstić information content (AvgIpc) is 3.68. The second-order valence-electron chi connectivity index (χ2n) is 14.4. The summed E-state index contributed by atoms with van der Waals surface area (Å²) in [7, 11) is 0. The maximum Gasteiger partial charge on any atom is 0.167 e. The third-order valence-corrected chi connectivity index (χ3v) is 10.9. The molecule has 0 aliphatic carbocycles. The van der Waals surface area contributed by atoms with Crippen LogP contribution in [0.25, 0.3) is 111 Å². The quantitative estimate of drug-likeness (QED) is 0.171. The molecule has 4 nitrogen and oxygen atoms in total. The molecular weight excluding hydrogens is 695 g/mol. The molecule has 0 radical (unpaired) electrons. The maximum atomic E-state index is 6.92. The van der Waals surface area contributed by atoms with Crippen LogP contribution in [0.5, 0.6) is 0 Å². The van der Waals surface area contributed by atoms with Crippen LogP contribution in [0.15, 0.2) is 205 Å². The maximum absolute atomic E-state index is 6.92. The fraction of sp³-hybridized carbons (Fsp3) is 0. The van der Waals surface area contributed by atoms with Crippen LogP contribution >= 0.6 is 0 Å². The molecule has 11 rings (SSSR count). The topological polar surface area (TPSA) is 51.8 Å². The number of hydrogen-bond donors (Lipinski definition) is 0. The van der Waals surface area contributed by atoms with Gasteiger partial charge in [-0.2, -0.15) is 0 Å². The second kappa shape index (κ2) is 13.6. The fourth-order valence-corrected chi connectivity index (χ4v) is 8.06. The van der Waals surface area contributed by atoms with Gasteiger partial charge >= 0.3 is 0 Å². The number of para-hydroxylation sites is 1. The van der Waals surface area contributed by atoms with Gasteiger partial charge in [-0.05, 0) is 73.8 Å². The lowest BCUT2D eigenvalue weighted by Gasteiger charge is -2.10. The van der Waals surface area contributed by atoms with Crippen molar-refractivity contribution in [2.24, 2.45) is 0 Å². The highest BCUT2D eigenvalue weighted by atomic mass is 16.3. The highest BCUT2D eigenvalue weighted by Crippen LogP contribution is 2.43. The molecule has 0 saturated carbocycles. The Labute approximate surface area is 329 Å². The third-order valence-electron chi connectivity index (χ3n) is 10.9. The van der Waals surface area contributed by atoms with Gasteiger partial charge < -0.3 is 4.42 Å². The third kappa shape index (κ3) is 5.83. The first-order chi connectivity index (χ1) is 28.2. The second-order valence-corrected chi connectivity index (χ2v) is 14.4. The number of fused-ring (bicyclic) bond motifs is 6. The molecule has 0 aliphatic heterocycles. The van der Waals surface area contributed by atoms with Crippen LogP contribution in [-0.2, 0) is 0 Å². The average molecular weight is 728 g/mol. The van der Waals surface area contributed by atoms with Gasteiger partial charge in [-0.25, -0.2) is 15.0 Å². The molecule has 0 N–H and O–H groups in total. The van der Waals surface area contributed by atoms with E-state index >= 15 is 0 Å². The van der Waals surface area contributed by atoms with Crippen LogP contribution in [0.1, 0.15) is 0 Å². The molecule has 2 heterocycles. The molecule has 0 atom stereocenters. The van der Waals surface area contributed by atoms with Crippen LogP contribution in [0.3, 0.4) is 0 Å². The predicted molar refractivity (Wildman–Crippen MR) is 235 cm³/mol. The van der Waals surface area contributed by atoms with Gasteiger partial charge in [0.2, 0.25) is 0 Å². The summed E-state index contributed by atoms with van der Waals surface area (Å²) < 4.78 is 6.92. The van der Waals surface area contributed by atoms with Gasteiger partial charge in [0.15, 0.2) is 17.5 Å². The van der Waals surface area contributed by atoms with E-state index in [9.17, 15) is 0 Å². The number of furan rings is 1. The molecular formula is C53H33N3O. The summed E-state index contributed by atoms with van der Waals surface area (Å²) in [6, 6.07) is 70.0. The number of rotatable bonds is 6. The Bertz CT molecular complexity index is 3280. The first kappa shape index (κ1) is 32.7. The zero-order valence-electron chi connectivity index (χ0n) is 30.8. The smallest absolute Gasteiger partial charge is 0.167 e. The van der Waals surface area contributed by atoms with Crippen molar-refractivity contribution in [3.8, 4) is 67.5 Å². The van der Waals surface area contributed by atoms with E-state index in [-0.39, 0.29) is 0 Å². The van der Waals surface area contributed by atoms with Crippen LogP contribution in [0.4, 0.5) is 0 Å². The molecule has 11 aromatic rings. The standard InChI is InChI=1S/C53H33N3O/c1-3-13-34(14-4-1)40-19-11-20-42(32-40)52-54-51(38-16-5-2-6-17-38)55-53(56-52)46-24-12-23-45-48-33-47(43-21-9-10-22-44(43)50(48)57-49(45)46)37-28-25-36(26-29-37)41-30-27-35-15-7-8-18-39(35)31-41/h1-33H. The Hall–Kier alpha value is -7.69. The van der Waals surface area contributed by atoms with E-state index in [2.05, 4.69) is 158 Å². The number of benzene rings is 9. The van der Waals surface area contributed by atoms with Gasteiger partial charge in [0.25, 0.3) is 0 Å². The Kier molecular flexibility index (Phi) is 7.78. The van der Waals surface area contributed by atoms with Gasteiger partial charge in [-0.1, -0.05) is 176 Å². The lowest BCUT2D eigenvalue weighted by atomic mass is 9.93. The Morgan fingerprint density at radius 1 is 0.263 bits per heavy atom. The molecule has 57 heavy (non-hydrogen) atoms. The molecule has 4 heteroatoms. The number of nitrogens with zero attached hydrogens (tertiary/aromatic N) is 3. The van der Waals surface area contributed by atoms with Crippen molar-refractivity contribution in [1.82, 2.24) is 15.0 Å². The van der Waals surface area contributed by atoms with Crippen molar-refractivity contribution in [1.29, 1.82) is 0 Å². The van der Waals surface area contributed by atoms with Crippen molar-refractivity contribution in [3.63, 3.8) is 0 Å². The molecule has 0 bridgehead atoms. The van der Waals surface area contributed by atoms with E-state index in [1.807, 2.05) is 42.5 Å². The monoisotopic (exact) mass is 727 g/mol. The normalized spacial score (nSPS) is 11.5. The summed E-state index contributed by atoms with van der Waals surface area (Å²) in [5.41, 5.74) is 11.2. The van der Waals surface area contributed by atoms with Gasteiger partial charge in [-0.15, -0.1) is 0 Å². The number of hydrogen-bond acceptors (Lipinski definition) is 4. The Morgan fingerprint density at radius 2 is 0.789 bits per heavy atom. The van der Waals surface area contributed by atoms with E-state index < -0.39 is 0 Å². The van der Waals surface area contributed by atoms with Crippen molar-refractivity contribution < 1.29 is 4.42 Å². The molecule has 0 spiro atoms. The van der Waals surface area contributed by atoms with Crippen LogP contribution in [-0.4, -0.2) is 15.0 Å². The summed E-state index contributed by atoms with van der Waals surface area (Å²) in [4.78, 5) is 15.3. The summed E-state index contributed by atoms with van der Waals surface area (Å²) in [5.74, 6) is 1.76. The van der Waals surface area contributed by atoms with Crippen LogP contribution in [0.2, 0.25) is 0 Å². The van der Waals surface area contributed by atoms with Crippen molar-refractivity contribution in [2.45, 2.75) is 0 Å². The summed E-state index contributed by atoms with van der Waals surface area (Å²) in [6.07, 6.45) is 0. The molecule has 0 amide bonds. The van der Waals surface area contributed by atoms with E-state index in [1.165, 1.54) is 21.9 Å². The van der Waals surface area contributed by atoms with Gasteiger partial charge in [-0.3, -0.25) is 0 Å². The summed E-state index contributed by atoms with van der Waals surface area (Å²) in [6.45, 7) is 0. The molecule has 0 unspecified atom stereocenters. The van der Waals surface area contributed by atoms with Crippen molar-refractivity contribution >= 4 is 43.5 Å². The lowest BCUT2D eigenvalue weighted by molar-refractivity contribution is 0.673. The molecule has 9 aromatic carbocycles. The molecule has 266 valence electrons. The van der Waals surface area contributed by atoms with Gasteiger partial charge in [0.05, 0.1) is 5.56 Å². The molecule has 0 aliphatic rings. The lowest BCUT2D eigenvalue weighted by Crippen LogP contribution is -2.00. The minimum Gasteiger partial charge on any atom is -0.455 e. The summed E-state index contributed by atoms with van der Waals surface area (Å²) >= 11 is 0. The van der Waals surface area contributed by atoms with Crippen molar-refractivity contribution in [2.75, 3.05) is 0 Å². The zero-order chi connectivity index (χ0) is 37.7. The van der Waals surface area contributed by atoms with Gasteiger partial charge in [0, 0.05) is 27.3 Å². The predicted octanol–water partition coefficient (Wildman–Crippen LogP) is 14.1. The highest BCUT2D eigenvalue weighted by molar-refractivity contribution is 6.20. The number of aromatic nitrogens is 3. The SMILES string of the molecule is c1ccc(-c2cccc(-c3nc(-c4ccccc4)nc(-c4cccc5c4oc4c6ccccc6c(-c6ccc(-c7ccc8ccccc8c7)cc6)cc54)n3)c2)cc1. The van der Waals surface area contributed by atoms with Crippen LogP contribution in [0, 0.1) is 0 Å². The van der Waals surface area contributed by atoms with E-state index in [1.54, 1.807) is 0 Å². The van der Waals surface area contributed by atoms with Crippen LogP contribution < -0.4 is 0 Å². The summed E-state index contributed by atoms with van der Waals surface area (Å²) in [5, 5.41) is 6.74. The minimum atomic E-state index is 0.558. The van der Waals surface area contributed by atoms with E-state index in [0.717, 1.165) is 71.7 Å². The zero-order valence-corrected chi connectivity index (χ0v) is 30.8. The first-order valence-electron chi connectivity index (χ1n) is 19.2. The van der Waals surface area contributed by atoms with E-state index in [4.69, 9.17) is 19.4 Å². The molecule has 0 fully saturated rings. The van der Waals surface area contributed by atoms with Gasteiger partial charge in [0.1, 0.15) is 11.2 Å². The fourth-order valence-electron chi connectivity index (χ4n) is 8.06. The molecule has 2 aromatic heterocycles. The minimum absolute atomic E-state index is 0.558. The van der Waals surface area contributed by atoms with E-state index in [0.29, 0.717) is 17.5 Å². The van der Waals surface area contributed by atoms with Crippen molar-refractivity contribution in [3.05, 3.63) is 200 Å². The Balaban J connectivity index is 1.06.